The van der Waals surface area contributed by atoms with E-state index in [0.29, 0.717) is 12.1 Å². The minimum absolute atomic E-state index is 0.425. The topological polar surface area (TPSA) is 28.2 Å². The highest BCUT2D eigenvalue weighted by molar-refractivity contribution is 7.15. The molecule has 1 N–H and O–H groups in total. The van der Waals surface area contributed by atoms with Gasteiger partial charge in [-0.15, -0.1) is 11.3 Å². The molecule has 2 heterocycles. The quantitative estimate of drug-likeness (QED) is 0.875. The van der Waals surface area contributed by atoms with Crippen LogP contribution in [0, 0.1) is 0 Å². The van der Waals surface area contributed by atoms with Gasteiger partial charge in [0.05, 0.1) is 0 Å². The van der Waals surface area contributed by atoms with E-state index in [1.165, 1.54) is 29.4 Å². The van der Waals surface area contributed by atoms with Crippen molar-refractivity contribution in [2.75, 3.05) is 18.0 Å². The van der Waals surface area contributed by atoms with Crippen LogP contribution in [0.3, 0.4) is 0 Å². The van der Waals surface area contributed by atoms with Crippen molar-refractivity contribution in [2.24, 2.45) is 0 Å². The van der Waals surface area contributed by atoms with Crippen molar-refractivity contribution in [3.05, 3.63) is 11.1 Å². The third kappa shape index (κ3) is 2.38. The van der Waals surface area contributed by atoms with Gasteiger partial charge >= 0.3 is 0 Å². The average Bonchev–Trinajstić information content (AvgIpc) is 2.86. The third-order valence-electron chi connectivity index (χ3n) is 3.25. The van der Waals surface area contributed by atoms with Gasteiger partial charge in [-0.2, -0.15) is 0 Å². The standard InChI is InChI=1S/C12H21N3S/c1-4-13-10(3)11-8-14-12(16-11)15-7-5-6-9(15)2/h8-10,13H,4-7H2,1-3H3. The van der Waals surface area contributed by atoms with Crippen molar-refractivity contribution in [2.45, 2.75) is 45.7 Å². The molecule has 4 heteroatoms. The molecule has 1 aromatic heterocycles. The van der Waals surface area contributed by atoms with Crippen LogP contribution in [0.5, 0.6) is 0 Å². The molecule has 16 heavy (non-hydrogen) atoms. The Bertz CT molecular complexity index is 337. The highest BCUT2D eigenvalue weighted by atomic mass is 32.1. The monoisotopic (exact) mass is 239 g/mol. The summed E-state index contributed by atoms with van der Waals surface area (Å²) in [5.74, 6) is 0. The zero-order chi connectivity index (χ0) is 11.5. The van der Waals surface area contributed by atoms with Crippen molar-refractivity contribution < 1.29 is 0 Å². The van der Waals surface area contributed by atoms with Crippen molar-refractivity contribution in [1.29, 1.82) is 0 Å². The Kier molecular flexibility index (Phi) is 3.82. The fourth-order valence-electron chi connectivity index (χ4n) is 2.23. The Hall–Kier alpha value is -0.610. The number of hydrogen-bond acceptors (Lipinski definition) is 4. The molecule has 1 fully saturated rings. The van der Waals surface area contributed by atoms with Crippen LogP contribution in [0.25, 0.3) is 0 Å². The van der Waals surface area contributed by atoms with Crippen LogP contribution in [-0.4, -0.2) is 24.1 Å². The van der Waals surface area contributed by atoms with E-state index in [1.54, 1.807) is 0 Å². The highest BCUT2D eigenvalue weighted by Gasteiger charge is 2.23. The number of thiazole rings is 1. The maximum Gasteiger partial charge on any atom is 0.185 e. The number of anilines is 1. The van der Waals surface area contributed by atoms with E-state index in [9.17, 15) is 0 Å². The second kappa shape index (κ2) is 5.15. The summed E-state index contributed by atoms with van der Waals surface area (Å²) in [5.41, 5.74) is 0. The first kappa shape index (κ1) is 11.9. The zero-order valence-electron chi connectivity index (χ0n) is 10.4. The van der Waals surface area contributed by atoms with Crippen LogP contribution in [0.2, 0.25) is 0 Å². The third-order valence-corrected chi connectivity index (χ3v) is 4.46. The van der Waals surface area contributed by atoms with Crippen LogP contribution < -0.4 is 10.2 Å². The maximum atomic E-state index is 4.56. The summed E-state index contributed by atoms with van der Waals surface area (Å²) < 4.78 is 0. The van der Waals surface area contributed by atoms with Crippen LogP contribution in [0.1, 0.15) is 44.5 Å². The summed E-state index contributed by atoms with van der Waals surface area (Å²) in [6, 6.07) is 1.09. The van der Waals surface area contributed by atoms with Gasteiger partial charge < -0.3 is 10.2 Å². The lowest BCUT2D eigenvalue weighted by Crippen LogP contribution is -2.25. The number of rotatable bonds is 4. The second-order valence-electron chi connectivity index (χ2n) is 4.51. The van der Waals surface area contributed by atoms with Crippen LogP contribution in [0.4, 0.5) is 5.13 Å². The maximum absolute atomic E-state index is 4.56. The largest absolute Gasteiger partial charge is 0.345 e. The highest BCUT2D eigenvalue weighted by Crippen LogP contribution is 2.31. The smallest absolute Gasteiger partial charge is 0.185 e. The minimum atomic E-state index is 0.425. The molecule has 0 bridgehead atoms. The molecule has 1 aromatic rings. The first-order valence-electron chi connectivity index (χ1n) is 6.18. The first-order chi connectivity index (χ1) is 7.72. The van der Waals surface area contributed by atoms with E-state index in [-0.39, 0.29) is 0 Å². The molecule has 0 aromatic carbocycles. The predicted octanol–water partition coefficient (Wildman–Crippen LogP) is 2.80. The Balaban J connectivity index is 2.06. The molecule has 2 rings (SSSR count). The van der Waals surface area contributed by atoms with E-state index in [1.807, 2.05) is 17.5 Å². The van der Waals surface area contributed by atoms with Crippen LogP contribution in [-0.2, 0) is 0 Å². The van der Waals surface area contributed by atoms with Gasteiger partial charge in [-0.1, -0.05) is 6.92 Å². The molecule has 0 aliphatic carbocycles. The van der Waals surface area contributed by atoms with E-state index in [2.05, 4.69) is 36.0 Å². The molecule has 0 radical (unpaired) electrons. The number of nitrogens with zero attached hydrogens (tertiary/aromatic N) is 2. The van der Waals surface area contributed by atoms with E-state index >= 15 is 0 Å². The van der Waals surface area contributed by atoms with Crippen LogP contribution in [0.15, 0.2) is 6.20 Å². The van der Waals surface area contributed by atoms with E-state index in [4.69, 9.17) is 0 Å². The molecular formula is C12H21N3S. The van der Waals surface area contributed by atoms with Gasteiger partial charge in [0.15, 0.2) is 5.13 Å². The lowest BCUT2D eigenvalue weighted by molar-refractivity contribution is 0.606. The Labute approximate surface area is 102 Å². The molecule has 3 nitrogen and oxygen atoms in total. The molecule has 0 amide bonds. The molecular weight excluding hydrogens is 218 g/mol. The van der Waals surface area contributed by atoms with Crippen molar-refractivity contribution in [1.82, 2.24) is 10.3 Å². The fraction of sp³-hybridized carbons (Fsp3) is 0.750. The van der Waals surface area contributed by atoms with Gasteiger partial charge in [-0.05, 0) is 33.2 Å². The lowest BCUT2D eigenvalue weighted by Gasteiger charge is -2.19. The van der Waals surface area contributed by atoms with Gasteiger partial charge in [-0.3, -0.25) is 0 Å². The Morgan fingerprint density at radius 1 is 1.69 bits per heavy atom. The second-order valence-corrected chi connectivity index (χ2v) is 5.55. The first-order valence-corrected chi connectivity index (χ1v) is 6.99. The number of nitrogens with one attached hydrogen (secondary N) is 1. The SMILES string of the molecule is CCNC(C)c1cnc(N2CCCC2C)s1. The molecule has 0 saturated carbocycles. The van der Waals surface area contributed by atoms with Gasteiger partial charge in [0.25, 0.3) is 0 Å². The fourth-order valence-corrected chi connectivity index (χ4v) is 3.30. The van der Waals surface area contributed by atoms with Crippen molar-refractivity contribution >= 4 is 16.5 Å². The summed E-state index contributed by atoms with van der Waals surface area (Å²) >= 11 is 1.83. The summed E-state index contributed by atoms with van der Waals surface area (Å²) in [4.78, 5) is 8.34. The number of aromatic nitrogens is 1. The summed E-state index contributed by atoms with van der Waals surface area (Å²) in [6.07, 6.45) is 4.63. The van der Waals surface area contributed by atoms with E-state index < -0.39 is 0 Å². The van der Waals surface area contributed by atoms with Gasteiger partial charge in [0, 0.05) is 29.7 Å². The zero-order valence-corrected chi connectivity index (χ0v) is 11.2. The number of hydrogen-bond donors (Lipinski definition) is 1. The molecule has 1 aliphatic heterocycles. The Morgan fingerprint density at radius 3 is 3.12 bits per heavy atom. The van der Waals surface area contributed by atoms with Crippen LogP contribution >= 0.6 is 11.3 Å². The Morgan fingerprint density at radius 2 is 2.50 bits per heavy atom. The molecule has 2 atom stereocenters. The molecule has 0 spiro atoms. The minimum Gasteiger partial charge on any atom is -0.345 e. The lowest BCUT2D eigenvalue weighted by atomic mass is 10.2. The molecule has 90 valence electrons. The normalized spacial score (nSPS) is 22.7. The van der Waals surface area contributed by atoms with E-state index in [0.717, 1.165) is 6.54 Å². The van der Waals surface area contributed by atoms with Crippen molar-refractivity contribution in [3.63, 3.8) is 0 Å². The van der Waals surface area contributed by atoms with Crippen molar-refractivity contribution in [3.8, 4) is 0 Å². The molecule has 1 aliphatic rings. The summed E-state index contributed by atoms with van der Waals surface area (Å²) in [6.45, 7) is 8.81. The average molecular weight is 239 g/mol. The van der Waals surface area contributed by atoms with Gasteiger partial charge in [0.1, 0.15) is 0 Å². The van der Waals surface area contributed by atoms with Gasteiger partial charge in [-0.25, -0.2) is 4.98 Å². The summed E-state index contributed by atoms with van der Waals surface area (Å²) in [5, 5.41) is 4.63. The molecule has 1 saturated heterocycles. The van der Waals surface area contributed by atoms with Gasteiger partial charge in [0.2, 0.25) is 0 Å². The summed E-state index contributed by atoms with van der Waals surface area (Å²) in [7, 11) is 0. The molecule has 2 unspecified atom stereocenters. The predicted molar refractivity (Wildman–Crippen MR) is 70.2 cm³/mol.